The first-order chi connectivity index (χ1) is 33.3. The Bertz CT molecular complexity index is 1250. The molecule has 0 aliphatic carbocycles. The van der Waals surface area contributed by atoms with Crippen molar-refractivity contribution >= 4 is 24.1 Å². The van der Waals surface area contributed by atoms with Gasteiger partial charge in [0.25, 0.3) is 0 Å². The molecule has 0 aromatic rings. The third-order valence-corrected chi connectivity index (χ3v) is 12.6. The molecule has 0 aromatic carbocycles. The fourth-order valence-electron chi connectivity index (χ4n) is 8.35. The summed E-state index contributed by atoms with van der Waals surface area (Å²) in [4.78, 5) is 53.3. The average Bonchev–Trinajstić information content (AvgIpc) is 3.34. The fourth-order valence-corrected chi connectivity index (χ4v) is 8.35. The molecule has 0 aromatic heterocycles. The molecule has 0 N–H and O–H groups in total. The second kappa shape index (κ2) is 46.4. The summed E-state index contributed by atoms with van der Waals surface area (Å²) in [6, 6.07) is 0. The van der Waals surface area contributed by atoms with Gasteiger partial charge in [0, 0.05) is 38.5 Å². The third kappa shape index (κ3) is 37.9. The molecule has 1 fully saturated rings. The molecule has 396 valence electrons. The Balaban J connectivity index is 2.50. The lowest BCUT2D eigenvalue weighted by Crippen LogP contribution is -2.37. The topological polar surface area (TPSA) is 136 Å². The molecule has 1 rings (SSSR count). The highest BCUT2D eigenvalue weighted by atomic mass is 16.7. The van der Waals surface area contributed by atoms with Crippen LogP contribution in [0.2, 0.25) is 0 Å². The second-order valence-electron chi connectivity index (χ2n) is 18.8. The second-order valence-corrected chi connectivity index (χ2v) is 18.8. The number of rotatable bonds is 46. The van der Waals surface area contributed by atoms with Crippen LogP contribution in [0.1, 0.15) is 227 Å². The number of carbonyl (C=O) groups excluding carboxylic acids is 4. The van der Waals surface area contributed by atoms with Gasteiger partial charge in [-0.05, 0) is 129 Å². The van der Waals surface area contributed by atoms with Gasteiger partial charge in [0.05, 0.1) is 38.8 Å². The van der Waals surface area contributed by atoms with E-state index in [2.05, 4.69) is 63.8 Å². The van der Waals surface area contributed by atoms with Crippen LogP contribution in [-0.4, -0.2) is 101 Å². The van der Waals surface area contributed by atoms with Crippen LogP contribution in [-0.2, 0) is 47.5 Å². The molecule has 0 bridgehead atoms. The summed E-state index contributed by atoms with van der Waals surface area (Å²) in [7, 11) is 0. The molecule has 0 radical (unpaired) electrons. The number of unbranched alkanes of at least 4 members (excludes halogenated alkanes) is 12. The molecule has 0 amide bonds. The van der Waals surface area contributed by atoms with Crippen LogP contribution in [0.5, 0.6) is 0 Å². The third-order valence-electron chi connectivity index (χ3n) is 12.6. The molecule has 0 spiro atoms. The zero-order valence-corrected chi connectivity index (χ0v) is 44.1. The van der Waals surface area contributed by atoms with Gasteiger partial charge in [-0.25, -0.2) is 4.79 Å². The Morgan fingerprint density at radius 3 is 1.75 bits per heavy atom. The van der Waals surface area contributed by atoms with Crippen LogP contribution in [0.15, 0.2) is 24.3 Å². The number of nitrogens with zero attached hydrogens (tertiary/aromatic N) is 1. The van der Waals surface area contributed by atoms with Gasteiger partial charge in [0.1, 0.15) is 6.10 Å². The van der Waals surface area contributed by atoms with Crippen LogP contribution in [0.25, 0.3) is 0 Å². The maximum Gasteiger partial charge on any atom is 0.508 e. The first kappa shape index (κ1) is 63.1. The van der Waals surface area contributed by atoms with Gasteiger partial charge in [0.15, 0.2) is 6.29 Å². The van der Waals surface area contributed by atoms with E-state index in [0.717, 1.165) is 148 Å². The van der Waals surface area contributed by atoms with Crippen molar-refractivity contribution in [3.63, 3.8) is 0 Å². The molecule has 3 unspecified atom stereocenters. The summed E-state index contributed by atoms with van der Waals surface area (Å²) in [6.07, 6.45) is 33.5. The highest BCUT2D eigenvalue weighted by Crippen LogP contribution is 2.21. The summed E-state index contributed by atoms with van der Waals surface area (Å²) in [5, 5.41) is 0. The van der Waals surface area contributed by atoms with E-state index in [4.69, 9.17) is 33.2 Å². The zero-order valence-electron chi connectivity index (χ0n) is 44.1. The first-order valence-corrected chi connectivity index (χ1v) is 27.8. The van der Waals surface area contributed by atoms with Crippen molar-refractivity contribution < 1.29 is 52.3 Å². The number of ether oxygens (including phenoxy) is 7. The number of hydrogen-bond acceptors (Lipinski definition) is 12. The predicted octanol–water partition coefficient (Wildman–Crippen LogP) is 14.0. The molecule has 1 aliphatic heterocycles. The largest absolute Gasteiger partial charge is 0.508 e. The summed E-state index contributed by atoms with van der Waals surface area (Å²) in [5.74, 6) is -0.260. The monoisotopic (exact) mass is 964 g/mol. The lowest BCUT2D eigenvalue weighted by molar-refractivity contribution is -0.159. The van der Waals surface area contributed by atoms with Crippen molar-refractivity contribution in [2.75, 3.05) is 59.3 Å². The van der Waals surface area contributed by atoms with Crippen LogP contribution < -0.4 is 0 Å². The predicted molar refractivity (Wildman–Crippen MR) is 273 cm³/mol. The van der Waals surface area contributed by atoms with Crippen LogP contribution >= 0.6 is 0 Å². The number of allylic oxidation sites excluding steroid dienone is 4. The van der Waals surface area contributed by atoms with E-state index in [0.29, 0.717) is 65.0 Å². The van der Waals surface area contributed by atoms with E-state index in [1.165, 1.54) is 19.3 Å². The van der Waals surface area contributed by atoms with Crippen molar-refractivity contribution in [3.05, 3.63) is 24.3 Å². The summed E-state index contributed by atoms with van der Waals surface area (Å²) >= 11 is 0. The lowest BCUT2D eigenvalue weighted by Gasteiger charge is -2.31. The Hall–Kier alpha value is -2.96. The Kier molecular flexibility index (Phi) is 43.0. The van der Waals surface area contributed by atoms with Crippen molar-refractivity contribution in [1.29, 1.82) is 0 Å². The van der Waals surface area contributed by atoms with Crippen molar-refractivity contribution in [2.45, 2.75) is 240 Å². The van der Waals surface area contributed by atoms with Gasteiger partial charge in [-0.15, -0.1) is 0 Å². The van der Waals surface area contributed by atoms with E-state index in [1.54, 1.807) is 0 Å². The first-order valence-electron chi connectivity index (χ1n) is 27.8. The SMILES string of the molecule is CC/C=C\CCCCOC(CCC(=O)OCCCC(CCCOC(=O)CCCCCCCOC(=O)C(CCCC)CCCCCC)OC(=O)OCC1CCCN(CC)C1)OCCCC/C=C\CC. The standard InChI is InChI=1S/C56H101NO11/c1-6-11-15-18-22-27-42-64-54(65-43-28-23-19-16-12-7-2)40-39-53(59)63-46-32-37-51(68-56(61)67-48-49-33-30-41-57(10-5)47-49)36-31-45-62-52(58)38-26-21-20-24-29-44-66-55(60)50(34-14-9-4)35-25-17-13-8-3/h11-12,15-16,49-51,54H,6-10,13-14,17-48H2,1-5H3/b15-11-,16-12-. The molecule has 12 nitrogen and oxygen atoms in total. The fraction of sp³-hybridized carbons (Fsp3) is 0.857. The van der Waals surface area contributed by atoms with Gasteiger partial charge in [-0.2, -0.15) is 0 Å². The van der Waals surface area contributed by atoms with Crippen molar-refractivity contribution in [3.8, 4) is 0 Å². The normalized spacial score (nSPS) is 15.2. The maximum absolute atomic E-state index is 12.9. The number of esters is 3. The molecule has 0 saturated carbocycles. The number of piperidine rings is 1. The lowest BCUT2D eigenvalue weighted by atomic mass is 9.95. The van der Waals surface area contributed by atoms with Gasteiger partial charge < -0.3 is 38.1 Å². The molecule has 3 atom stereocenters. The quantitative estimate of drug-likeness (QED) is 0.0189. The molecule has 12 heteroatoms. The summed E-state index contributed by atoms with van der Waals surface area (Å²) in [5.41, 5.74) is 0. The van der Waals surface area contributed by atoms with Gasteiger partial charge in [-0.3, -0.25) is 14.4 Å². The van der Waals surface area contributed by atoms with Gasteiger partial charge in [0.2, 0.25) is 0 Å². The Morgan fingerprint density at radius 2 is 1.12 bits per heavy atom. The van der Waals surface area contributed by atoms with Crippen LogP contribution in [0.4, 0.5) is 4.79 Å². The maximum atomic E-state index is 12.9. The van der Waals surface area contributed by atoms with Crippen molar-refractivity contribution in [1.82, 2.24) is 4.90 Å². The van der Waals surface area contributed by atoms with E-state index < -0.39 is 18.5 Å². The minimum absolute atomic E-state index is 0.0279. The smallest absolute Gasteiger partial charge is 0.466 e. The van der Waals surface area contributed by atoms with E-state index in [-0.39, 0.29) is 49.4 Å². The number of likely N-dealkylation sites (tertiary alicyclic amines) is 1. The molecular weight excluding hydrogens is 863 g/mol. The minimum Gasteiger partial charge on any atom is -0.466 e. The minimum atomic E-state index is -0.689. The van der Waals surface area contributed by atoms with E-state index in [1.807, 2.05) is 0 Å². The Morgan fingerprint density at radius 1 is 0.544 bits per heavy atom. The van der Waals surface area contributed by atoms with E-state index in [9.17, 15) is 19.2 Å². The summed E-state index contributed by atoms with van der Waals surface area (Å²) < 4.78 is 40.3. The Labute approximate surface area is 415 Å². The van der Waals surface area contributed by atoms with Gasteiger partial charge >= 0.3 is 24.1 Å². The number of carbonyl (C=O) groups is 4. The molecular formula is C56H101NO11. The zero-order chi connectivity index (χ0) is 49.6. The highest BCUT2D eigenvalue weighted by molar-refractivity contribution is 5.72. The molecule has 1 saturated heterocycles. The van der Waals surface area contributed by atoms with Crippen molar-refractivity contribution in [2.24, 2.45) is 11.8 Å². The molecule has 1 heterocycles. The number of hydrogen-bond donors (Lipinski definition) is 0. The van der Waals surface area contributed by atoms with Gasteiger partial charge in [-0.1, -0.05) is 117 Å². The summed E-state index contributed by atoms with van der Waals surface area (Å²) in [6.45, 7) is 16.1. The highest BCUT2D eigenvalue weighted by Gasteiger charge is 2.23. The molecule has 1 aliphatic rings. The van der Waals surface area contributed by atoms with Crippen LogP contribution in [0.3, 0.4) is 0 Å². The molecule has 68 heavy (non-hydrogen) atoms. The average molecular weight is 964 g/mol. The van der Waals surface area contributed by atoms with E-state index >= 15 is 0 Å². The van der Waals surface area contributed by atoms with Crippen LogP contribution in [0, 0.1) is 11.8 Å².